The molecule has 0 bridgehead atoms. The summed E-state index contributed by atoms with van der Waals surface area (Å²) in [5.74, 6) is -0.118. The summed E-state index contributed by atoms with van der Waals surface area (Å²) in [6, 6.07) is 9.42. The van der Waals surface area contributed by atoms with E-state index in [1.807, 2.05) is 43.6 Å². The Labute approximate surface area is 119 Å². The van der Waals surface area contributed by atoms with E-state index in [-0.39, 0.29) is 5.91 Å². The third-order valence-electron chi connectivity index (χ3n) is 3.34. The van der Waals surface area contributed by atoms with Gasteiger partial charge in [0.25, 0.3) is 0 Å². The SMILES string of the molecule is CN(Cc1cnn(C)c1)C(=O)C(C)(N)c1ccccc1. The predicted molar refractivity (Wildman–Crippen MR) is 77.7 cm³/mol. The maximum atomic E-state index is 12.6. The molecule has 1 atom stereocenters. The van der Waals surface area contributed by atoms with Crippen LogP contribution in [0.15, 0.2) is 42.7 Å². The van der Waals surface area contributed by atoms with Crippen LogP contribution in [0, 0.1) is 0 Å². The highest BCUT2D eigenvalue weighted by Crippen LogP contribution is 2.20. The van der Waals surface area contributed by atoms with E-state index >= 15 is 0 Å². The van der Waals surface area contributed by atoms with Crippen molar-refractivity contribution < 1.29 is 4.79 Å². The molecular formula is C15H20N4O. The van der Waals surface area contributed by atoms with Gasteiger partial charge in [-0.3, -0.25) is 9.48 Å². The molecule has 1 unspecified atom stereocenters. The number of carbonyl (C=O) groups is 1. The highest BCUT2D eigenvalue weighted by Gasteiger charge is 2.32. The molecule has 0 aliphatic rings. The highest BCUT2D eigenvalue weighted by atomic mass is 16.2. The van der Waals surface area contributed by atoms with E-state index in [0.717, 1.165) is 11.1 Å². The van der Waals surface area contributed by atoms with Crippen LogP contribution < -0.4 is 5.73 Å². The Balaban J connectivity index is 2.13. The number of rotatable bonds is 4. The lowest BCUT2D eigenvalue weighted by molar-refractivity contribution is -0.136. The number of aromatic nitrogens is 2. The van der Waals surface area contributed by atoms with Gasteiger partial charge in [0.15, 0.2) is 0 Å². The van der Waals surface area contributed by atoms with E-state index in [2.05, 4.69) is 5.10 Å². The monoisotopic (exact) mass is 272 g/mol. The molecule has 0 aliphatic heterocycles. The Bertz CT molecular complexity index is 589. The zero-order valence-corrected chi connectivity index (χ0v) is 12.1. The first-order valence-electron chi connectivity index (χ1n) is 6.49. The number of amides is 1. The largest absolute Gasteiger partial charge is 0.339 e. The fourth-order valence-corrected chi connectivity index (χ4v) is 2.20. The molecular weight excluding hydrogens is 252 g/mol. The molecule has 0 radical (unpaired) electrons. The Kier molecular flexibility index (Phi) is 3.90. The van der Waals surface area contributed by atoms with Gasteiger partial charge in [-0.05, 0) is 12.5 Å². The molecule has 1 heterocycles. The molecule has 0 saturated heterocycles. The molecule has 5 heteroatoms. The van der Waals surface area contributed by atoms with Gasteiger partial charge in [0.2, 0.25) is 5.91 Å². The van der Waals surface area contributed by atoms with Crippen LogP contribution in [-0.4, -0.2) is 27.6 Å². The van der Waals surface area contributed by atoms with Crippen molar-refractivity contribution in [2.75, 3.05) is 7.05 Å². The van der Waals surface area contributed by atoms with Crippen LogP contribution >= 0.6 is 0 Å². The van der Waals surface area contributed by atoms with Gasteiger partial charge < -0.3 is 10.6 Å². The predicted octanol–water partition coefficient (Wildman–Crippen LogP) is 1.25. The topological polar surface area (TPSA) is 64.2 Å². The van der Waals surface area contributed by atoms with Gasteiger partial charge in [-0.2, -0.15) is 5.10 Å². The van der Waals surface area contributed by atoms with E-state index in [1.54, 1.807) is 29.7 Å². The Hall–Kier alpha value is -2.14. The number of hydrogen-bond donors (Lipinski definition) is 1. The van der Waals surface area contributed by atoms with Gasteiger partial charge >= 0.3 is 0 Å². The number of hydrogen-bond acceptors (Lipinski definition) is 3. The number of benzene rings is 1. The summed E-state index contributed by atoms with van der Waals surface area (Å²) in [7, 11) is 3.60. The standard InChI is InChI=1S/C15H20N4O/c1-15(16,13-7-5-4-6-8-13)14(20)18(2)10-12-9-17-19(3)11-12/h4-9,11H,10,16H2,1-3H3. The summed E-state index contributed by atoms with van der Waals surface area (Å²) in [5.41, 5.74) is 6.99. The van der Waals surface area contributed by atoms with Crippen LogP contribution in [0.4, 0.5) is 0 Å². The van der Waals surface area contributed by atoms with Gasteiger partial charge in [0, 0.05) is 32.4 Å². The van der Waals surface area contributed by atoms with Crippen molar-refractivity contribution in [3.63, 3.8) is 0 Å². The molecule has 2 N–H and O–H groups in total. The number of likely N-dealkylation sites (N-methyl/N-ethyl adjacent to an activating group) is 1. The number of nitrogens with two attached hydrogens (primary N) is 1. The van der Waals surface area contributed by atoms with E-state index in [9.17, 15) is 4.79 Å². The Morgan fingerprint density at radius 2 is 2.05 bits per heavy atom. The molecule has 0 aliphatic carbocycles. The van der Waals surface area contributed by atoms with Crippen molar-refractivity contribution in [3.05, 3.63) is 53.9 Å². The first-order chi connectivity index (χ1) is 9.41. The normalized spacial score (nSPS) is 13.8. The molecule has 5 nitrogen and oxygen atoms in total. The molecule has 0 fully saturated rings. The molecule has 0 spiro atoms. The van der Waals surface area contributed by atoms with Crippen molar-refractivity contribution >= 4 is 5.91 Å². The minimum absolute atomic E-state index is 0.118. The third kappa shape index (κ3) is 2.88. The quantitative estimate of drug-likeness (QED) is 0.911. The molecule has 2 aromatic rings. The van der Waals surface area contributed by atoms with Crippen LogP contribution in [0.3, 0.4) is 0 Å². The summed E-state index contributed by atoms with van der Waals surface area (Å²) < 4.78 is 1.71. The molecule has 1 aromatic carbocycles. The Morgan fingerprint density at radius 3 is 2.60 bits per heavy atom. The van der Waals surface area contributed by atoms with E-state index in [1.165, 1.54) is 0 Å². The molecule has 1 amide bonds. The lowest BCUT2D eigenvalue weighted by Crippen LogP contribution is -2.49. The fraction of sp³-hybridized carbons (Fsp3) is 0.333. The second-order valence-electron chi connectivity index (χ2n) is 5.25. The number of carbonyl (C=O) groups excluding carboxylic acids is 1. The maximum Gasteiger partial charge on any atom is 0.247 e. The zero-order chi connectivity index (χ0) is 14.8. The zero-order valence-electron chi connectivity index (χ0n) is 12.1. The lowest BCUT2D eigenvalue weighted by atomic mass is 9.91. The van der Waals surface area contributed by atoms with Crippen LogP contribution in [0.5, 0.6) is 0 Å². The number of aryl methyl sites for hydroxylation is 1. The van der Waals surface area contributed by atoms with Crippen LogP contribution in [-0.2, 0) is 23.9 Å². The Morgan fingerprint density at radius 1 is 1.40 bits per heavy atom. The average Bonchev–Trinajstić information content (AvgIpc) is 2.84. The van der Waals surface area contributed by atoms with Gasteiger partial charge in [-0.25, -0.2) is 0 Å². The minimum atomic E-state index is -1.03. The smallest absolute Gasteiger partial charge is 0.247 e. The summed E-state index contributed by atoms with van der Waals surface area (Å²) in [4.78, 5) is 14.2. The van der Waals surface area contributed by atoms with Crippen LogP contribution in [0.25, 0.3) is 0 Å². The molecule has 1 aromatic heterocycles. The summed E-state index contributed by atoms with van der Waals surface area (Å²) in [6.45, 7) is 2.23. The van der Waals surface area contributed by atoms with Gasteiger partial charge in [-0.1, -0.05) is 30.3 Å². The molecule has 0 saturated carbocycles. The second-order valence-corrected chi connectivity index (χ2v) is 5.25. The maximum absolute atomic E-state index is 12.6. The fourth-order valence-electron chi connectivity index (χ4n) is 2.20. The first-order valence-corrected chi connectivity index (χ1v) is 6.49. The van der Waals surface area contributed by atoms with Crippen molar-refractivity contribution in [1.29, 1.82) is 0 Å². The van der Waals surface area contributed by atoms with Crippen molar-refractivity contribution in [2.45, 2.75) is 19.0 Å². The first kappa shape index (κ1) is 14.3. The lowest BCUT2D eigenvalue weighted by Gasteiger charge is -2.29. The minimum Gasteiger partial charge on any atom is -0.339 e. The van der Waals surface area contributed by atoms with Crippen molar-refractivity contribution in [1.82, 2.24) is 14.7 Å². The molecule has 20 heavy (non-hydrogen) atoms. The average molecular weight is 272 g/mol. The number of nitrogens with zero attached hydrogens (tertiary/aromatic N) is 3. The van der Waals surface area contributed by atoms with E-state index in [0.29, 0.717) is 6.54 Å². The van der Waals surface area contributed by atoms with Crippen molar-refractivity contribution in [2.24, 2.45) is 12.8 Å². The highest BCUT2D eigenvalue weighted by molar-refractivity contribution is 5.86. The van der Waals surface area contributed by atoms with Gasteiger partial charge in [-0.15, -0.1) is 0 Å². The van der Waals surface area contributed by atoms with E-state index in [4.69, 9.17) is 5.73 Å². The van der Waals surface area contributed by atoms with Crippen LogP contribution in [0.1, 0.15) is 18.1 Å². The summed E-state index contributed by atoms with van der Waals surface area (Å²) in [6.07, 6.45) is 3.64. The van der Waals surface area contributed by atoms with E-state index < -0.39 is 5.54 Å². The van der Waals surface area contributed by atoms with Gasteiger partial charge in [0.05, 0.1) is 6.20 Å². The van der Waals surface area contributed by atoms with Gasteiger partial charge in [0.1, 0.15) is 5.54 Å². The summed E-state index contributed by atoms with van der Waals surface area (Å²) in [5, 5.41) is 4.10. The molecule has 106 valence electrons. The second kappa shape index (κ2) is 5.46. The van der Waals surface area contributed by atoms with Crippen molar-refractivity contribution in [3.8, 4) is 0 Å². The molecule has 2 rings (SSSR count). The van der Waals surface area contributed by atoms with Crippen LogP contribution in [0.2, 0.25) is 0 Å². The summed E-state index contributed by atoms with van der Waals surface area (Å²) >= 11 is 0. The third-order valence-corrected chi connectivity index (χ3v) is 3.34.